The Balaban J connectivity index is 1.54. The van der Waals surface area contributed by atoms with Crippen LogP contribution < -0.4 is 0 Å². The number of imidazole rings is 1. The molecule has 0 bridgehead atoms. The molecule has 0 aliphatic heterocycles. The van der Waals surface area contributed by atoms with Gasteiger partial charge in [0.15, 0.2) is 11.5 Å². The number of aromatic amines is 2. The van der Waals surface area contributed by atoms with Crippen LogP contribution in [0, 0.1) is 11.6 Å². The van der Waals surface area contributed by atoms with Crippen molar-refractivity contribution in [3.8, 4) is 33.9 Å². The molecule has 154 valence electrons. The highest BCUT2D eigenvalue weighted by molar-refractivity contribution is 5.96. The zero-order chi connectivity index (χ0) is 21.7. The highest BCUT2D eigenvalue weighted by Gasteiger charge is 2.21. The number of hydrogen-bond acceptors (Lipinski definition) is 5. The quantitative estimate of drug-likeness (QED) is 0.420. The molecular formula is C23H13F2N7. The molecule has 0 fully saturated rings. The lowest BCUT2D eigenvalue weighted by Gasteiger charge is -2.03. The largest absolute Gasteiger partial charge is 0.337 e. The highest BCUT2D eigenvalue weighted by atomic mass is 19.1. The molecule has 0 amide bonds. The molecule has 0 spiro atoms. The maximum absolute atomic E-state index is 15.6. The second-order valence-corrected chi connectivity index (χ2v) is 7.17. The Bertz CT molecular complexity index is 1590. The monoisotopic (exact) mass is 425 g/mol. The molecule has 0 saturated carbocycles. The summed E-state index contributed by atoms with van der Waals surface area (Å²) in [6.45, 7) is 0. The summed E-state index contributed by atoms with van der Waals surface area (Å²) in [5.74, 6) is -0.410. The van der Waals surface area contributed by atoms with Crippen LogP contribution in [-0.4, -0.2) is 35.1 Å². The molecule has 1 aromatic carbocycles. The number of benzene rings is 1. The van der Waals surface area contributed by atoms with Crippen molar-refractivity contribution >= 4 is 22.1 Å². The molecule has 6 rings (SSSR count). The number of hydrogen-bond donors (Lipinski definition) is 2. The zero-order valence-corrected chi connectivity index (χ0v) is 16.3. The van der Waals surface area contributed by atoms with E-state index in [1.807, 2.05) is 0 Å². The van der Waals surface area contributed by atoms with Crippen LogP contribution in [0.15, 0.2) is 67.3 Å². The van der Waals surface area contributed by atoms with Gasteiger partial charge in [-0.1, -0.05) is 6.07 Å². The van der Waals surface area contributed by atoms with Crippen molar-refractivity contribution in [1.82, 2.24) is 35.1 Å². The molecule has 6 aromatic rings. The van der Waals surface area contributed by atoms with Gasteiger partial charge in [0, 0.05) is 41.5 Å². The van der Waals surface area contributed by atoms with Crippen molar-refractivity contribution in [2.24, 2.45) is 0 Å². The Morgan fingerprint density at radius 3 is 2.53 bits per heavy atom. The van der Waals surface area contributed by atoms with Crippen LogP contribution in [-0.2, 0) is 0 Å². The van der Waals surface area contributed by atoms with Crippen molar-refractivity contribution in [2.45, 2.75) is 0 Å². The number of aromatic nitrogens is 7. The van der Waals surface area contributed by atoms with Crippen molar-refractivity contribution < 1.29 is 8.78 Å². The van der Waals surface area contributed by atoms with Crippen molar-refractivity contribution in [1.29, 1.82) is 0 Å². The molecule has 0 aliphatic carbocycles. The van der Waals surface area contributed by atoms with Gasteiger partial charge in [-0.05, 0) is 36.4 Å². The summed E-state index contributed by atoms with van der Waals surface area (Å²) in [6.07, 6.45) is 6.27. The van der Waals surface area contributed by atoms with E-state index in [2.05, 4.69) is 35.1 Å². The molecule has 0 atom stereocenters. The van der Waals surface area contributed by atoms with E-state index in [-0.39, 0.29) is 16.9 Å². The fourth-order valence-electron chi connectivity index (χ4n) is 3.72. The van der Waals surface area contributed by atoms with E-state index in [4.69, 9.17) is 0 Å². The molecule has 2 N–H and O–H groups in total. The summed E-state index contributed by atoms with van der Waals surface area (Å²) in [7, 11) is 0. The summed E-state index contributed by atoms with van der Waals surface area (Å²) in [6, 6.07) is 11.3. The number of nitrogens with one attached hydrogen (secondary N) is 2. The summed E-state index contributed by atoms with van der Waals surface area (Å²) in [4.78, 5) is 20.6. The van der Waals surface area contributed by atoms with Crippen molar-refractivity contribution in [2.75, 3.05) is 0 Å². The number of H-pyrrole nitrogens is 2. The van der Waals surface area contributed by atoms with Gasteiger partial charge in [-0.2, -0.15) is 5.10 Å². The van der Waals surface area contributed by atoms with Crippen molar-refractivity contribution in [3.05, 3.63) is 78.9 Å². The normalized spacial score (nSPS) is 11.4. The molecule has 0 radical (unpaired) electrons. The van der Waals surface area contributed by atoms with Crippen LogP contribution in [0.3, 0.4) is 0 Å². The van der Waals surface area contributed by atoms with E-state index in [0.29, 0.717) is 39.4 Å². The van der Waals surface area contributed by atoms with Crippen LogP contribution in [0.4, 0.5) is 8.78 Å². The Kier molecular flexibility index (Phi) is 4.00. The third-order valence-corrected chi connectivity index (χ3v) is 5.25. The third kappa shape index (κ3) is 2.83. The van der Waals surface area contributed by atoms with Gasteiger partial charge in [-0.25, -0.2) is 18.7 Å². The topological polar surface area (TPSA) is 96.0 Å². The number of fused-ring (bicyclic) bond motifs is 2. The van der Waals surface area contributed by atoms with Gasteiger partial charge < -0.3 is 4.98 Å². The van der Waals surface area contributed by atoms with E-state index >= 15 is 4.39 Å². The Morgan fingerprint density at radius 1 is 0.844 bits per heavy atom. The molecule has 0 aliphatic rings. The van der Waals surface area contributed by atoms with Gasteiger partial charge in [0.25, 0.3) is 0 Å². The van der Waals surface area contributed by atoms with Gasteiger partial charge in [0.2, 0.25) is 0 Å². The average molecular weight is 425 g/mol. The second kappa shape index (κ2) is 7.02. The fraction of sp³-hybridized carbons (Fsp3) is 0. The van der Waals surface area contributed by atoms with E-state index in [1.165, 1.54) is 18.3 Å². The number of pyridine rings is 3. The van der Waals surface area contributed by atoms with Gasteiger partial charge in [-0.3, -0.25) is 15.1 Å². The van der Waals surface area contributed by atoms with E-state index in [9.17, 15) is 4.39 Å². The molecule has 32 heavy (non-hydrogen) atoms. The first-order chi connectivity index (χ1) is 15.7. The minimum atomic E-state index is -0.468. The summed E-state index contributed by atoms with van der Waals surface area (Å²) < 4.78 is 28.9. The van der Waals surface area contributed by atoms with E-state index in [0.717, 1.165) is 5.56 Å². The van der Waals surface area contributed by atoms with E-state index in [1.54, 1.807) is 48.9 Å². The fourth-order valence-corrected chi connectivity index (χ4v) is 3.72. The predicted octanol–water partition coefficient (Wildman–Crippen LogP) is 4.90. The molecule has 5 heterocycles. The van der Waals surface area contributed by atoms with Gasteiger partial charge in [-0.15, -0.1) is 0 Å². The Labute approximate surface area is 179 Å². The minimum absolute atomic E-state index is 0.224. The minimum Gasteiger partial charge on any atom is -0.337 e. The van der Waals surface area contributed by atoms with Crippen molar-refractivity contribution in [3.63, 3.8) is 0 Å². The molecule has 9 heteroatoms. The average Bonchev–Trinajstić information content (AvgIpc) is 3.45. The highest BCUT2D eigenvalue weighted by Crippen LogP contribution is 2.33. The van der Waals surface area contributed by atoms with Gasteiger partial charge >= 0.3 is 0 Å². The maximum atomic E-state index is 15.6. The SMILES string of the molecule is Fc1ccc(-c2nccc3[nH]c(-c4[nH]nc5ncc(-c6cccnc6)c(F)c45)nc23)cc1. The van der Waals surface area contributed by atoms with Crippen LogP contribution in [0.25, 0.3) is 56.0 Å². The molecule has 0 saturated heterocycles. The van der Waals surface area contributed by atoms with Crippen LogP contribution in [0.1, 0.15) is 0 Å². The van der Waals surface area contributed by atoms with Gasteiger partial charge in [0.05, 0.1) is 16.6 Å². The maximum Gasteiger partial charge on any atom is 0.184 e. The van der Waals surface area contributed by atoms with Gasteiger partial charge in [0.1, 0.15) is 22.8 Å². The lowest BCUT2D eigenvalue weighted by atomic mass is 10.1. The molecule has 7 nitrogen and oxygen atoms in total. The standard InChI is InChI=1S/C23H13F2N7/c24-14-5-3-12(4-6-14)19-20-16(7-9-27-19)29-23(30-20)21-17-18(25)15(11-28-22(17)32-31-21)13-2-1-8-26-10-13/h1-11H,(H,29,30)(H,28,31,32). The predicted molar refractivity (Wildman–Crippen MR) is 115 cm³/mol. The first kappa shape index (κ1) is 18.3. The first-order valence-electron chi connectivity index (χ1n) is 9.73. The second-order valence-electron chi connectivity index (χ2n) is 7.17. The molecule has 5 aromatic heterocycles. The molecular weight excluding hydrogens is 412 g/mol. The molecule has 0 unspecified atom stereocenters. The summed E-state index contributed by atoms with van der Waals surface area (Å²) in [5.41, 5.74) is 4.12. The van der Waals surface area contributed by atoms with Crippen LogP contribution in [0.5, 0.6) is 0 Å². The third-order valence-electron chi connectivity index (χ3n) is 5.25. The lowest BCUT2D eigenvalue weighted by molar-refractivity contribution is 0.628. The van der Waals surface area contributed by atoms with Crippen LogP contribution in [0.2, 0.25) is 0 Å². The Morgan fingerprint density at radius 2 is 1.72 bits per heavy atom. The Hall–Kier alpha value is -4.53. The smallest absolute Gasteiger partial charge is 0.184 e. The zero-order valence-electron chi connectivity index (χ0n) is 16.3. The number of nitrogens with zero attached hydrogens (tertiary/aromatic N) is 5. The summed E-state index contributed by atoms with van der Waals surface area (Å²) >= 11 is 0. The first-order valence-corrected chi connectivity index (χ1v) is 9.73. The van der Waals surface area contributed by atoms with E-state index < -0.39 is 5.82 Å². The van der Waals surface area contributed by atoms with Crippen LogP contribution >= 0.6 is 0 Å². The number of halogens is 2. The summed E-state index contributed by atoms with van der Waals surface area (Å²) in [5, 5.41) is 7.21. The number of rotatable bonds is 3. The lowest BCUT2D eigenvalue weighted by Crippen LogP contribution is -1.91.